The molecule has 0 aliphatic carbocycles. The number of hydrogen-bond donors (Lipinski definition) is 2. The Balaban J connectivity index is 2.12. The number of halogens is 2. The van der Waals surface area contributed by atoms with Gasteiger partial charge in [-0.05, 0) is 43.2 Å². The zero-order chi connectivity index (χ0) is 15.6. The summed E-state index contributed by atoms with van der Waals surface area (Å²) in [5, 5.41) is 0. The second-order valence-corrected chi connectivity index (χ2v) is 8.92. The number of benzene rings is 1. The van der Waals surface area contributed by atoms with E-state index < -0.39 is 10.0 Å². The van der Waals surface area contributed by atoms with E-state index in [9.17, 15) is 8.42 Å². The van der Waals surface area contributed by atoms with Crippen molar-refractivity contribution in [2.75, 3.05) is 12.3 Å². The lowest BCUT2D eigenvalue weighted by molar-refractivity contribution is 0.581. The molecule has 0 saturated heterocycles. The summed E-state index contributed by atoms with van der Waals surface area (Å²) < 4.78 is 28.6. The standard InChI is InChI=1S/C13H14BrClN2O2S2/c1-8-11(16)6-9(14)7-12(8)21(18,19)17-5-4-10-2-3-13(15)20-10/h2-3,6-7,17H,4-5,16H2,1H3. The Morgan fingerprint density at radius 2 is 2.10 bits per heavy atom. The third kappa shape index (κ3) is 4.20. The first kappa shape index (κ1) is 16.8. The number of hydrogen-bond acceptors (Lipinski definition) is 4. The summed E-state index contributed by atoms with van der Waals surface area (Å²) in [5.41, 5.74) is 6.79. The molecule has 0 saturated carbocycles. The van der Waals surface area contributed by atoms with Crippen LogP contribution in [0, 0.1) is 6.92 Å². The highest BCUT2D eigenvalue weighted by Gasteiger charge is 2.18. The van der Waals surface area contributed by atoms with Crippen molar-refractivity contribution in [2.24, 2.45) is 0 Å². The molecular weight excluding hydrogens is 396 g/mol. The van der Waals surface area contributed by atoms with Crippen LogP contribution in [0.4, 0.5) is 5.69 Å². The first-order valence-electron chi connectivity index (χ1n) is 6.09. The Kier molecular flexibility index (Phi) is 5.32. The SMILES string of the molecule is Cc1c(N)cc(Br)cc1S(=O)(=O)NCCc1ccc(Cl)s1. The smallest absolute Gasteiger partial charge is 0.240 e. The van der Waals surface area contributed by atoms with E-state index in [0.717, 1.165) is 4.88 Å². The van der Waals surface area contributed by atoms with Crippen LogP contribution in [0.1, 0.15) is 10.4 Å². The predicted molar refractivity (Wildman–Crippen MR) is 91.5 cm³/mol. The van der Waals surface area contributed by atoms with Crippen molar-refractivity contribution in [3.63, 3.8) is 0 Å². The third-order valence-corrected chi connectivity index (χ3v) is 6.28. The van der Waals surface area contributed by atoms with Gasteiger partial charge in [0.2, 0.25) is 10.0 Å². The summed E-state index contributed by atoms with van der Waals surface area (Å²) in [6.45, 7) is 2.00. The maximum absolute atomic E-state index is 12.3. The summed E-state index contributed by atoms with van der Waals surface area (Å²) >= 11 is 10.5. The van der Waals surface area contributed by atoms with E-state index in [1.807, 2.05) is 6.07 Å². The molecule has 8 heteroatoms. The minimum atomic E-state index is -3.59. The molecule has 21 heavy (non-hydrogen) atoms. The van der Waals surface area contributed by atoms with Crippen LogP contribution >= 0.6 is 38.9 Å². The number of nitrogens with two attached hydrogens (primary N) is 1. The fraction of sp³-hybridized carbons (Fsp3) is 0.231. The van der Waals surface area contributed by atoms with Crippen molar-refractivity contribution in [3.8, 4) is 0 Å². The van der Waals surface area contributed by atoms with Crippen molar-refractivity contribution in [1.29, 1.82) is 0 Å². The van der Waals surface area contributed by atoms with E-state index in [-0.39, 0.29) is 4.90 Å². The van der Waals surface area contributed by atoms with E-state index >= 15 is 0 Å². The summed E-state index contributed by atoms with van der Waals surface area (Å²) in [6.07, 6.45) is 0.596. The lowest BCUT2D eigenvalue weighted by Gasteiger charge is -2.11. The average molecular weight is 410 g/mol. The maximum Gasteiger partial charge on any atom is 0.240 e. The molecule has 0 unspecified atom stereocenters. The van der Waals surface area contributed by atoms with Gasteiger partial charge in [-0.3, -0.25) is 0 Å². The Hall–Kier alpha value is -0.600. The van der Waals surface area contributed by atoms with Gasteiger partial charge in [0.05, 0.1) is 9.23 Å². The lowest BCUT2D eigenvalue weighted by atomic mass is 10.2. The van der Waals surface area contributed by atoms with Gasteiger partial charge in [-0.2, -0.15) is 0 Å². The first-order valence-corrected chi connectivity index (χ1v) is 9.56. The van der Waals surface area contributed by atoms with E-state index in [4.69, 9.17) is 17.3 Å². The monoisotopic (exact) mass is 408 g/mol. The maximum atomic E-state index is 12.3. The predicted octanol–water partition coefficient (Wildman–Crippen LogP) is 3.58. The van der Waals surface area contributed by atoms with Crippen molar-refractivity contribution in [3.05, 3.63) is 43.5 Å². The van der Waals surface area contributed by atoms with Crippen LogP contribution in [0.15, 0.2) is 33.6 Å². The summed E-state index contributed by atoms with van der Waals surface area (Å²) in [4.78, 5) is 1.23. The van der Waals surface area contributed by atoms with Gasteiger partial charge < -0.3 is 5.73 Å². The van der Waals surface area contributed by atoms with Gasteiger partial charge in [0.15, 0.2) is 0 Å². The quantitative estimate of drug-likeness (QED) is 0.741. The molecule has 1 aromatic heterocycles. The second-order valence-electron chi connectivity index (χ2n) is 4.47. The fourth-order valence-electron chi connectivity index (χ4n) is 1.83. The van der Waals surface area contributed by atoms with Crippen molar-refractivity contribution >= 4 is 54.6 Å². The summed E-state index contributed by atoms with van der Waals surface area (Å²) in [7, 11) is -3.59. The zero-order valence-electron chi connectivity index (χ0n) is 11.2. The molecule has 1 aromatic carbocycles. The Morgan fingerprint density at radius 3 is 2.71 bits per heavy atom. The summed E-state index contributed by atoms with van der Waals surface area (Å²) in [6, 6.07) is 6.93. The molecule has 114 valence electrons. The van der Waals surface area contributed by atoms with Gasteiger partial charge in [0.1, 0.15) is 0 Å². The van der Waals surface area contributed by atoms with Gasteiger partial charge in [0, 0.05) is 21.6 Å². The van der Waals surface area contributed by atoms with Crippen LogP contribution in [0.3, 0.4) is 0 Å². The highest BCUT2D eigenvalue weighted by molar-refractivity contribution is 9.10. The highest BCUT2D eigenvalue weighted by Crippen LogP contribution is 2.26. The highest BCUT2D eigenvalue weighted by atomic mass is 79.9. The molecule has 4 nitrogen and oxygen atoms in total. The van der Waals surface area contributed by atoms with Crippen LogP contribution in [0.2, 0.25) is 4.34 Å². The van der Waals surface area contributed by atoms with Gasteiger partial charge in [0.25, 0.3) is 0 Å². The molecular formula is C13H14BrClN2O2S2. The van der Waals surface area contributed by atoms with Crippen LogP contribution < -0.4 is 10.5 Å². The molecule has 0 spiro atoms. The third-order valence-electron chi connectivity index (χ3n) is 2.95. The number of sulfonamides is 1. The van der Waals surface area contributed by atoms with Gasteiger partial charge >= 0.3 is 0 Å². The van der Waals surface area contributed by atoms with Crippen molar-refractivity contribution < 1.29 is 8.42 Å². The van der Waals surface area contributed by atoms with E-state index in [2.05, 4.69) is 20.7 Å². The van der Waals surface area contributed by atoms with E-state index in [0.29, 0.717) is 33.0 Å². The second kappa shape index (κ2) is 6.66. The number of nitrogen functional groups attached to an aromatic ring is 1. The Morgan fingerprint density at radius 1 is 1.38 bits per heavy atom. The van der Waals surface area contributed by atoms with Crippen LogP contribution in [-0.2, 0) is 16.4 Å². The molecule has 0 aliphatic rings. The number of thiophene rings is 1. The van der Waals surface area contributed by atoms with E-state index in [1.54, 1.807) is 25.1 Å². The molecule has 0 atom stereocenters. The molecule has 2 aromatic rings. The molecule has 0 bridgehead atoms. The topological polar surface area (TPSA) is 72.2 Å². The summed E-state index contributed by atoms with van der Waals surface area (Å²) in [5.74, 6) is 0. The van der Waals surface area contributed by atoms with Gasteiger partial charge in [-0.15, -0.1) is 11.3 Å². The minimum Gasteiger partial charge on any atom is -0.398 e. The largest absolute Gasteiger partial charge is 0.398 e. The van der Waals surface area contributed by atoms with Gasteiger partial charge in [-0.25, -0.2) is 13.1 Å². The first-order chi connectivity index (χ1) is 9.79. The lowest BCUT2D eigenvalue weighted by Crippen LogP contribution is -2.26. The van der Waals surface area contributed by atoms with Crippen molar-refractivity contribution in [2.45, 2.75) is 18.2 Å². The Labute approximate surface area is 141 Å². The minimum absolute atomic E-state index is 0.193. The molecule has 0 aliphatic heterocycles. The molecule has 3 N–H and O–H groups in total. The normalized spacial score (nSPS) is 11.8. The molecule has 0 fully saturated rings. The van der Waals surface area contributed by atoms with Crippen molar-refractivity contribution in [1.82, 2.24) is 4.72 Å². The van der Waals surface area contributed by atoms with Crippen LogP contribution in [0.25, 0.3) is 0 Å². The zero-order valence-corrected chi connectivity index (χ0v) is 15.2. The molecule has 0 radical (unpaired) electrons. The van der Waals surface area contributed by atoms with Gasteiger partial charge in [-0.1, -0.05) is 27.5 Å². The molecule has 0 amide bonds. The van der Waals surface area contributed by atoms with Crippen LogP contribution in [-0.4, -0.2) is 15.0 Å². The molecule has 2 rings (SSSR count). The number of nitrogens with one attached hydrogen (secondary N) is 1. The average Bonchev–Trinajstić information content (AvgIpc) is 2.79. The Bertz CT molecular complexity index is 760. The molecule has 1 heterocycles. The fourth-order valence-corrected chi connectivity index (χ4v) is 4.87. The van der Waals surface area contributed by atoms with E-state index in [1.165, 1.54) is 11.3 Å². The number of anilines is 1. The van der Waals surface area contributed by atoms with Crippen LogP contribution in [0.5, 0.6) is 0 Å². The number of rotatable bonds is 5.